The van der Waals surface area contributed by atoms with Gasteiger partial charge in [0.2, 0.25) is 5.91 Å². The quantitative estimate of drug-likeness (QED) is 0.696. The lowest BCUT2D eigenvalue weighted by Crippen LogP contribution is -2.65. The molecule has 5 rings (SSSR count). The van der Waals surface area contributed by atoms with Crippen molar-refractivity contribution in [2.45, 2.75) is 82.7 Å². The number of fused-ring (bicyclic) bond motifs is 1. The molecule has 3 aliphatic heterocycles. The van der Waals surface area contributed by atoms with Crippen molar-refractivity contribution >= 4 is 17.7 Å². The standard InChI is InChI=1S/C24H35N5O5/c1-3-10-28-21(31)19-15-18(20(30)27-11-8-24(9-12-27)33-13-14-34-24)26-29(19)16-23(28,2)22(32)25-17-6-4-5-7-17/h15,17H,3-14,16H2,1-2H3,(H,25,32). The number of ether oxygens (including phenoxy) is 2. The summed E-state index contributed by atoms with van der Waals surface area (Å²) in [5.74, 6) is -1.17. The lowest BCUT2D eigenvalue weighted by molar-refractivity contribution is -0.181. The van der Waals surface area contributed by atoms with Crippen LogP contribution in [0.15, 0.2) is 6.07 Å². The van der Waals surface area contributed by atoms with Crippen LogP contribution in [0.5, 0.6) is 0 Å². The summed E-state index contributed by atoms with van der Waals surface area (Å²) in [5.41, 5.74) is -0.452. The second kappa shape index (κ2) is 8.96. The molecular weight excluding hydrogens is 438 g/mol. The minimum Gasteiger partial charge on any atom is -0.351 e. The Hall–Kier alpha value is -2.46. The first-order chi connectivity index (χ1) is 16.3. The van der Waals surface area contributed by atoms with Crippen molar-refractivity contribution in [3.8, 4) is 0 Å². The van der Waals surface area contributed by atoms with Crippen molar-refractivity contribution in [2.75, 3.05) is 32.8 Å². The fourth-order valence-corrected chi connectivity index (χ4v) is 5.73. The first-order valence-corrected chi connectivity index (χ1v) is 12.6. The van der Waals surface area contributed by atoms with Crippen LogP contribution < -0.4 is 5.32 Å². The molecule has 0 bridgehead atoms. The van der Waals surface area contributed by atoms with E-state index in [1.165, 1.54) is 0 Å². The van der Waals surface area contributed by atoms with E-state index >= 15 is 0 Å². The molecule has 3 fully saturated rings. The largest absolute Gasteiger partial charge is 0.351 e. The van der Waals surface area contributed by atoms with Gasteiger partial charge in [0, 0.05) is 44.6 Å². The van der Waals surface area contributed by atoms with Crippen molar-refractivity contribution in [3.05, 3.63) is 17.5 Å². The summed E-state index contributed by atoms with van der Waals surface area (Å²) in [6, 6.07) is 1.74. The predicted octanol–water partition coefficient (Wildman–Crippen LogP) is 1.55. The fraction of sp³-hybridized carbons (Fsp3) is 0.750. The Morgan fingerprint density at radius 2 is 1.85 bits per heavy atom. The summed E-state index contributed by atoms with van der Waals surface area (Å²) in [4.78, 5) is 43.5. The maximum Gasteiger partial charge on any atom is 0.274 e. The number of rotatable bonds is 5. The number of likely N-dealkylation sites (tertiary alicyclic amines) is 1. The molecule has 186 valence electrons. The monoisotopic (exact) mass is 473 g/mol. The number of carbonyl (C=O) groups is 3. The molecule has 10 heteroatoms. The van der Waals surface area contributed by atoms with Gasteiger partial charge in [-0.2, -0.15) is 5.10 Å². The van der Waals surface area contributed by atoms with Crippen LogP contribution in [0, 0.1) is 0 Å². The highest BCUT2D eigenvalue weighted by Crippen LogP contribution is 2.33. The molecule has 34 heavy (non-hydrogen) atoms. The van der Waals surface area contributed by atoms with E-state index in [4.69, 9.17) is 9.47 Å². The van der Waals surface area contributed by atoms with Crippen LogP contribution in [-0.4, -0.2) is 87.5 Å². The molecule has 3 amide bonds. The summed E-state index contributed by atoms with van der Waals surface area (Å²) in [5, 5.41) is 7.67. The van der Waals surface area contributed by atoms with Crippen LogP contribution in [0.3, 0.4) is 0 Å². The molecule has 1 aliphatic carbocycles. The SMILES string of the molecule is CCCN1C(=O)c2cc(C(=O)N3CCC4(CC3)OCCO4)nn2CC1(C)C(=O)NC1CCCC1. The topological polar surface area (TPSA) is 106 Å². The third-order valence-electron chi connectivity index (χ3n) is 7.77. The molecule has 2 saturated heterocycles. The summed E-state index contributed by atoms with van der Waals surface area (Å²) in [7, 11) is 0. The predicted molar refractivity (Wildman–Crippen MR) is 122 cm³/mol. The van der Waals surface area contributed by atoms with Crippen LogP contribution in [0.2, 0.25) is 0 Å². The van der Waals surface area contributed by atoms with Crippen molar-refractivity contribution in [1.29, 1.82) is 0 Å². The smallest absolute Gasteiger partial charge is 0.274 e. The van der Waals surface area contributed by atoms with Gasteiger partial charge in [-0.1, -0.05) is 19.8 Å². The van der Waals surface area contributed by atoms with E-state index < -0.39 is 11.3 Å². The molecular formula is C24H35N5O5. The van der Waals surface area contributed by atoms with Crippen LogP contribution in [0.25, 0.3) is 0 Å². The average Bonchev–Trinajstić information content (AvgIpc) is 3.59. The van der Waals surface area contributed by atoms with Crippen LogP contribution in [-0.2, 0) is 20.8 Å². The first-order valence-electron chi connectivity index (χ1n) is 12.6. The van der Waals surface area contributed by atoms with Gasteiger partial charge in [0.1, 0.15) is 11.2 Å². The Labute approximate surface area is 199 Å². The molecule has 10 nitrogen and oxygen atoms in total. The van der Waals surface area contributed by atoms with Crippen molar-refractivity contribution < 1.29 is 23.9 Å². The number of carbonyl (C=O) groups excluding carboxylic acids is 3. The van der Waals surface area contributed by atoms with Crippen LogP contribution in [0.1, 0.15) is 79.8 Å². The van der Waals surface area contributed by atoms with E-state index in [9.17, 15) is 14.4 Å². The zero-order chi connectivity index (χ0) is 23.9. The highest BCUT2D eigenvalue weighted by Gasteiger charge is 2.48. The molecule has 4 aliphatic rings. The second-order valence-corrected chi connectivity index (χ2v) is 10.2. The summed E-state index contributed by atoms with van der Waals surface area (Å²) in [6.07, 6.45) is 6.15. The molecule has 1 aromatic rings. The zero-order valence-electron chi connectivity index (χ0n) is 20.2. The molecule has 1 saturated carbocycles. The van der Waals surface area contributed by atoms with E-state index in [0.717, 1.165) is 32.1 Å². The van der Waals surface area contributed by atoms with Gasteiger partial charge in [-0.15, -0.1) is 0 Å². The number of aromatic nitrogens is 2. The van der Waals surface area contributed by atoms with Gasteiger partial charge < -0.3 is 24.6 Å². The van der Waals surface area contributed by atoms with E-state index in [0.29, 0.717) is 51.4 Å². The van der Waals surface area contributed by atoms with Crippen molar-refractivity contribution in [3.63, 3.8) is 0 Å². The van der Waals surface area contributed by atoms with Crippen LogP contribution in [0.4, 0.5) is 0 Å². The lowest BCUT2D eigenvalue weighted by Gasteiger charge is -2.43. The molecule has 1 N–H and O–H groups in total. The molecule has 4 heterocycles. The van der Waals surface area contributed by atoms with E-state index in [1.54, 1.807) is 20.5 Å². The summed E-state index contributed by atoms with van der Waals surface area (Å²) in [6.45, 7) is 6.70. The molecule has 1 spiro atoms. The number of nitrogens with zero attached hydrogens (tertiary/aromatic N) is 4. The third kappa shape index (κ3) is 4.00. The molecule has 0 aromatic carbocycles. The minimum absolute atomic E-state index is 0.145. The van der Waals surface area contributed by atoms with Gasteiger partial charge in [0.15, 0.2) is 11.5 Å². The number of hydrogen-bond donors (Lipinski definition) is 1. The van der Waals surface area contributed by atoms with Crippen molar-refractivity contribution in [2.24, 2.45) is 0 Å². The van der Waals surface area contributed by atoms with Gasteiger partial charge in [0.25, 0.3) is 11.8 Å². The second-order valence-electron chi connectivity index (χ2n) is 10.2. The number of nitrogens with one attached hydrogen (secondary N) is 1. The zero-order valence-corrected chi connectivity index (χ0v) is 20.2. The van der Waals surface area contributed by atoms with Gasteiger partial charge in [-0.05, 0) is 26.2 Å². The van der Waals surface area contributed by atoms with Crippen LogP contribution >= 0.6 is 0 Å². The number of hydrogen-bond acceptors (Lipinski definition) is 6. The summed E-state index contributed by atoms with van der Waals surface area (Å²) >= 11 is 0. The van der Waals surface area contributed by atoms with E-state index in [-0.39, 0.29) is 36.0 Å². The van der Waals surface area contributed by atoms with Gasteiger partial charge in [-0.3, -0.25) is 19.1 Å². The highest BCUT2D eigenvalue weighted by atomic mass is 16.7. The molecule has 0 radical (unpaired) electrons. The molecule has 1 aromatic heterocycles. The lowest BCUT2D eigenvalue weighted by atomic mass is 9.94. The number of piperidine rings is 1. The van der Waals surface area contributed by atoms with Gasteiger partial charge in [-0.25, -0.2) is 0 Å². The van der Waals surface area contributed by atoms with E-state index in [1.807, 2.05) is 13.8 Å². The molecule has 1 unspecified atom stereocenters. The Bertz CT molecular complexity index is 955. The Balaban J connectivity index is 1.35. The van der Waals surface area contributed by atoms with Crippen molar-refractivity contribution in [1.82, 2.24) is 24.9 Å². The normalized spacial score (nSPS) is 26.8. The molecule has 1 atom stereocenters. The van der Waals surface area contributed by atoms with Gasteiger partial charge >= 0.3 is 0 Å². The average molecular weight is 474 g/mol. The Morgan fingerprint density at radius 1 is 1.18 bits per heavy atom. The fourth-order valence-electron chi connectivity index (χ4n) is 5.73. The minimum atomic E-state index is -1.05. The summed E-state index contributed by atoms with van der Waals surface area (Å²) < 4.78 is 13.1. The first kappa shape index (κ1) is 23.3. The number of amides is 3. The third-order valence-corrected chi connectivity index (χ3v) is 7.77. The Morgan fingerprint density at radius 3 is 2.50 bits per heavy atom. The van der Waals surface area contributed by atoms with E-state index in [2.05, 4.69) is 10.4 Å². The van der Waals surface area contributed by atoms with Gasteiger partial charge in [0.05, 0.1) is 19.8 Å². The Kier molecular flexibility index (Phi) is 6.14. The maximum absolute atomic E-state index is 13.5. The maximum atomic E-state index is 13.5. The highest BCUT2D eigenvalue weighted by molar-refractivity contribution is 6.02.